The Balaban J connectivity index is 1.55. The van der Waals surface area contributed by atoms with E-state index in [1.165, 1.54) is 12.8 Å². The van der Waals surface area contributed by atoms with E-state index in [0.717, 1.165) is 24.9 Å². The molecular weight excluding hydrogens is 354 g/mol. The zero-order chi connectivity index (χ0) is 20.3. The molecule has 1 aliphatic carbocycles. The van der Waals surface area contributed by atoms with Crippen LogP contribution >= 0.6 is 0 Å². The summed E-state index contributed by atoms with van der Waals surface area (Å²) in [5.41, 5.74) is 1.76. The number of amides is 3. The van der Waals surface area contributed by atoms with Crippen LogP contribution in [0.5, 0.6) is 5.75 Å². The fourth-order valence-corrected chi connectivity index (χ4v) is 4.19. The second-order valence-corrected chi connectivity index (χ2v) is 9.05. The first-order valence-electron chi connectivity index (χ1n) is 10.3. The largest absolute Gasteiger partial charge is 0.495 e. The van der Waals surface area contributed by atoms with Crippen molar-refractivity contribution in [2.45, 2.75) is 64.3 Å². The molecule has 3 rings (SSSR count). The van der Waals surface area contributed by atoms with Crippen LogP contribution in [-0.2, 0) is 10.2 Å². The lowest BCUT2D eigenvalue weighted by molar-refractivity contribution is -0.129. The van der Waals surface area contributed by atoms with Crippen LogP contribution in [0.4, 0.5) is 10.5 Å². The smallest absolute Gasteiger partial charge is 0.319 e. The number of benzene rings is 1. The van der Waals surface area contributed by atoms with Gasteiger partial charge in [0.2, 0.25) is 5.91 Å². The molecule has 0 spiro atoms. The number of nitrogens with one attached hydrogen (secondary N) is 2. The van der Waals surface area contributed by atoms with Crippen molar-refractivity contribution < 1.29 is 14.3 Å². The van der Waals surface area contributed by atoms with Crippen molar-refractivity contribution in [3.63, 3.8) is 0 Å². The van der Waals surface area contributed by atoms with E-state index in [-0.39, 0.29) is 23.3 Å². The average molecular weight is 388 g/mol. The Morgan fingerprint density at radius 3 is 2.61 bits per heavy atom. The molecule has 2 fully saturated rings. The molecule has 2 aliphatic rings. The number of carbonyl (C=O) groups is 2. The highest BCUT2D eigenvalue weighted by atomic mass is 16.5. The molecule has 1 atom stereocenters. The Morgan fingerprint density at radius 1 is 1.25 bits per heavy atom. The van der Waals surface area contributed by atoms with Gasteiger partial charge in [0, 0.05) is 31.5 Å². The standard InChI is InChI=1S/C22H33N3O3/c1-22(2,3)16-9-10-19(28-4)18(12-16)24-21(27)23-13-15-11-20(26)25(14-15)17-7-5-6-8-17/h9-10,12,15,17H,5-8,11,13-14H2,1-4H3,(H2,23,24,27). The molecule has 0 bridgehead atoms. The third kappa shape index (κ3) is 4.78. The Labute approximate surface area is 168 Å². The lowest BCUT2D eigenvalue weighted by Crippen LogP contribution is -2.37. The lowest BCUT2D eigenvalue weighted by Gasteiger charge is -2.24. The summed E-state index contributed by atoms with van der Waals surface area (Å²) in [5, 5.41) is 5.83. The van der Waals surface area contributed by atoms with E-state index in [1.807, 2.05) is 23.1 Å². The predicted octanol–water partition coefficient (Wildman–Crippen LogP) is 3.91. The number of methoxy groups -OCH3 is 1. The maximum Gasteiger partial charge on any atom is 0.319 e. The minimum absolute atomic E-state index is 0.0207. The molecule has 0 aromatic heterocycles. The molecule has 1 unspecified atom stereocenters. The summed E-state index contributed by atoms with van der Waals surface area (Å²) in [6, 6.07) is 6.00. The van der Waals surface area contributed by atoms with Gasteiger partial charge >= 0.3 is 6.03 Å². The summed E-state index contributed by atoms with van der Waals surface area (Å²) in [6.07, 6.45) is 5.21. The highest BCUT2D eigenvalue weighted by Crippen LogP contribution is 2.32. The van der Waals surface area contributed by atoms with Crippen LogP contribution in [0, 0.1) is 5.92 Å². The average Bonchev–Trinajstić information content (AvgIpc) is 3.28. The number of rotatable bonds is 5. The van der Waals surface area contributed by atoms with Crippen LogP contribution in [0.15, 0.2) is 18.2 Å². The number of urea groups is 1. The highest BCUT2D eigenvalue weighted by molar-refractivity contribution is 5.91. The molecule has 6 nitrogen and oxygen atoms in total. The van der Waals surface area contributed by atoms with Crippen molar-refractivity contribution in [3.8, 4) is 5.75 Å². The van der Waals surface area contributed by atoms with E-state index in [4.69, 9.17) is 4.74 Å². The topological polar surface area (TPSA) is 70.7 Å². The second kappa shape index (κ2) is 8.41. The van der Waals surface area contributed by atoms with Crippen molar-refractivity contribution in [1.29, 1.82) is 0 Å². The summed E-state index contributed by atoms with van der Waals surface area (Å²) in [7, 11) is 1.59. The third-order valence-corrected chi connectivity index (χ3v) is 5.87. The number of anilines is 1. The quantitative estimate of drug-likeness (QED) is 0.805. The summed E-state index contributed by atoms with van der Waals surface area (Å²) in [5.74, 6) is 1.05. The molecule has 3 amide bonds. The maximum atomic E-state index is 12.4. The number of ether oxygens (including phenoxy) is 1. The normalized spacial score (nSPS) is 20.5. The van der Waals surface area contributed by atoms with Crippen molar-refractivity contribution in [2.24, 2.45) is 5.92 Å². The van der Waals surface area contributed by atoms with Gasteiger partial charge in [-0.1, -0.05) is 39.7 Å². The Kier molecular flexibility index (Phi) is 6.16. The van der Waals surface area contributed by atoms with E-state index in [0.29, 0.717) is 30.4 Å². The number of nitrogens with zero attached hydrogens (tertiary/aromatic N) is 1. The van der Waals surface area contributed by atoms with Crippen molar-refractivity contribution in [1.82, 2.24) is 10.2 Å². The van der Waals surface area contributed by atoms with Crippen molar-refractivity contribution in [2.75, 3.05) is 25.5 Å². The number of hydrogen-bond donors (Lipinski definition) is 2. The van der Waals surface area contributed by atoms with E-state index in [9.17, 15) is 9.59 Å². The lowest BCUT2D eigenvalue weighted by atomic mass is 9.87. The zero-order valence-electron chi connectivity index (χ0n) is 17.5. The number of likely N-dealkylation sites (tertiary alicyclic amines) is 1. The van der Waals surface area contributed by atoms with Gasteiger partial charge in [0.05, 0.1) is 12.8 Å². The first kappa shape index (κ1) is 20.5. The minimum atomic E-state index is -0.267. The molecule has 0 radical (unpaired) electrons. The van der Waals surface area contributed by atoms with Gasteiger partial charge in [0.1, 0.15) is 5.75 Å². The molecule has 6 heteroatoms. The van der Waals surface area contributed by atoms with Gasteiger partial charge in [-0.2, -0.15) is 0 Å². The van der Waals surface area contributed by atoms with E-state index in [2.05, 4.69) is 31.4 Å². The van der Waals surface area contributed by atoms with Gasteiger partial charge in [-0.25, -0.2) is 4.79 Å². The Bertz CT molecular complexity index is 720. The molecule has 28 heavy (non-hydrogen) atoms. The monoisotopic (exact) mass is 387 g/mol. The fourth-order valence-electron chi connectivity index (χ4n) is 4.19. The zero-order valence-corrected chi connectivity index (χ0v) is 17.5. The van der Waals surface area contributed by atoms with Gasteiger partial charge in [0.25, 0.3) is 0 Å². The molecular formula is C22H33N3O3. The van der Waals surface area contributed by atoms with Crippen LogP contribution in [0.1, 0.15) is 58.4 Å². The molecule has 2 N–H and O–H groups in total. The van der Waals surface area contributed by atoms with E-state index < -0.39 is 0 Å². The van der Waals surface area contributed by atoms with Gasteiger partial charge in [-0.3, -0.25) is 4.79 Å². The van der Waals surface area contributed by atoms with Crippen LogP contribution < -0.4 is 15.4 Å². The summed E-state index contributed by atoms with van der Waals surface area (Å²) < 4.78 is 5.38. The Morgan fingerprint density at radius 2 is 1.96 bits per heavy atom. The van der Waals surface area contributed by atoms with Gasteiger partial charge in [-0.05, 0) is 36.0 Å². The highest BCUT2D eigenvalue weighted by Gasteiger charge is 2.35. The molecule has 1 heterocycles. The van der Waals surface area contributed by atoms with Gasteiger partial charge in [0.15, 0.2) is 0 Å². The fraction of sp³-hybridized carbons (Fsp3) is 0.636. The molecule has 1 saturated carbocycles. The first-order chi connectivity index (χ1) is 13.3. The van der Waals surface area contributed by atoms with Gasteiger partial charge in [-0.15, -0.1) is 0 Å². The van der Waals surface area contributed by atoms with Gasteiger partial charge < -0.3 is 20.3 Å². The van der Waals surface area contributed by atoms with E-state index >= 15 is 0 Å². The molecule has 1 aliphatic heterocycles. The SMILES string of the molecule is COc1ccc(C(C)(C)C)cc1NC(=O)NCC1CC(=O)N(C2CCCC2)C1. The minimum Gasteiger partial charge on any atom is -0.495 e. The predicted molar refractivity (Wildman–Crippen MR) is 111 cm³/mol. The number of carbonyl (C=O) groups excluding carboxylic acids is 2. The molecule has 1 saturated heterocycles. The molecule has 1 aromatic rings. The maximum absolute atomic E-state index is 12.4. The third-order valence-electron chi connectivity index (χ3n) is 5.87. The number of hydrogen-bond acceptors (Lipinski definition) is 3. The van der Waals surface area contributed by atoms with Crippen LogP contribution in [0.25, 0.3) is 0 Å². The van der Waals surface area contributed by atoms with Crippen LogP contribution in [0.3, 0.4) is 0 Å². The molecule has 154 valence electrons. The van der Waals surface area contributed by atoms with Crippen LogP contribution in [-0.4, -0.2) is 43.1 Å². The Hall–Kier alpha value is -2.24. The second-order valence-electron chi connectivity index (χ2n) is 9.05. The van der Waals surface area contributed by atoms with Crippen molar-refractivity contribution in [3.05, 3.63) is 23.8 Å². The summed E-state index contributed by atoms with van der Waals surface area (Å²) in [6.45, 7) is 7.65. The summed E-state index contributed by atoms with van der Waals surface area (Å²) in [4.78, 5) is 26.8. The van der Waals surface area contributed by atoms with Crippen molar-refractivity contribution >= 4 is 17.6 Å². The summed E-state index contributed by atoms with van der Waals surface area (Å²) >= 11 is 0. The van der Waals surface area contributed by atoms with Crippen LogP contribution in [0.2, 0.25) is 0 Å². The van der Waals surface area contributed by atoms with E-state index in [1.54, 1.807) is 7.11 Å². The molecule has 1 aromatic carbocycles. The first-order valence-corrected chi connectivity index (χ1v) is 10.3.